The van der Waals surface area contributed by atoms with Gasteiger partial charge < -0.3 is 0 Å². The van der Waals surface area contributed by atoms with E-state index in [1.165, 1.54) is 96.3 Å². The molecule has 41 heavy (non-hydrogen) atoms. The molecule has 12 saturated carbocycles. The average Bonchev–Trinajstić information content (AvgIpc) is 2.83. The minimum atomic E-state index is -3.16. The standard InChI is InChI=1S/C36H60N3OP/c1-31(2)28-10-22-7-23(11-28)17-34(31,16-22)37-41(40,38-35-18-24-8-25(19-35)13-29(12-24)32(35,3)4)39-36-20-26-9-27(21-36)15-30(14-26)33(36,5)6/h22-30H,7-21H2,1-6H3,(H3,37,38,39,40). The molecule has 0 amide bonds. The first-order chi connectivity index (χ1) is 19.2. The lowest BCUT2D eigenvalue weighted by Gasteiger charge is -2.70. The Labute approximate surface area is 251 Å². The van der Waals surface area contributed by atoms with Gasteiger partial charge in [0.25, 0.3) is 7.59 Å². The zero-order valence-corrected chi connectivity index (χ0v) is 28.1. The van der Waals surface area contributed by atoms with Gasteiger partial charge in [-0.1, -0.05) is 41.5 Å². The van der Waals surface area contributed by atoms with E-state index in [0.29, 0.717) is 0 Å². The van der Waals surface area contributed by atoms with Crippen molar-refractivity contribution in [2.45, 2.75) is 154 Å². The molecule has 3 N–H and O–H groups in total. The van der Waals surface area contributed by atoms with Gasteiger partial charge in [-0.3, -0.25) is 4.57 Å². The molecular weight excluding hydrogens is 521 g/mol. The summed E-state index contributed by atoms with van der Waals surface area (Å²) in [5.41, 5.74) is 0.511. The first kappa shape index (κ1) is 27.4. The van der Waals surface area contributed by atoms with Crippen LogP contribution in [-0.2, 0) is 4.57 Å². The van der Waals surface area contributed by atoms with Crippen molar-refractivity contribution in [3.63, 3.8) is 0 Å². The van der Waals surface area contributed by atoms with E-state index >= 15 is 4.57 Å². The highest BCUT2D eigenvalue weighted by molar-refractivity contribution is 7.57. The van der Waals surface area contributed by atoms with Crippen molar-refractivity contribution in [1.82, 2.24) is 15.3 Å². The zero-order valence-electron chi connectivity index (χ0n) is 27.2. The molecule has 0 aromatic heterocycles. The van der Waals surface area contributed by atoms with E-state index in [0.717, 1.165) is 53.3 Å². The lowest BCUT2D eigenvalue weighted by molar-refractivity contribution is -0.126. The van der Waals surface area contributed by atoms with Crippen LogP contribution in [0.5, 0.6) is 0 Å². The Morgan fingerprint density at radius 3 is 0.854 bits per heavy atom. The molecule has 0 heterocycles. The van der Waals surface area contributed by atoms with Gasteiger partial charge in [0.05, 0.1) is 0 Å². The molecule has 12 aliphatic carbocycles. The van der Waals surface area contributed by atoms with Crippen LogP contribution in [0.1, 0.15) is 138 Å². The highest BCUT2D eigenvalue weighted by atomic mass is 31.2. The molecular formula is C36H60N3OP. The topological polar surface area (TPSA) is 53.2 Å². The van der Waals surface area contributed by atoms with Gasteiger partial charge in [0.2, 0.25) is 0 Å². The van der Waals surface area contributed by atoms with E-state index < -0.39 is 7.59 Å². The third-order valence-electron chi connectivity index (χ3n) is 17.4. The number of rotatable bonds is 6. The predicted molar refractivity (Wildman–Crippen MR) is 167 cm³/mol. The van der Waals surface area contributed by atoms with Crippen LogP contribution in [-0.4, -0.2) is 16.6 Å². The molecule has 4 nitrogen and oxygen atoms in total. The van der Waals surface area contributed by atoms with Gasteiger partial charge in [-0.25, -0.2) is 15.3 Å². The Hall–Kier alpha value is 0.110. The van der Waals surface area contributed by atoms with Crippen LogP contribution in [0.15, 0.2) is 0 Å². The van der Waals surface area contributed by atoms with Crippen LogP contribution in [0, 0.1) is 69.5 Å². The molecule has 230 valence electrons. The summed E-state index contributed by atoms with van der Waals surface area (Å²) in [6, 6.07) is 0. The predicted octanol–water partition coefficient (Wildman–Crippen LogP) is 8.68. The third kappa shape index (κ3) is 3.49. The molecule has 0 aliphatic heterocycles. The molecule has 12 aliphatic rings. The van der Waals surface area contributed by atoms with Gasteiger partial charge in [0, 0.05) is 16.6 Å². The summed E-state index contributed by atoms with van der Waals surface area (Å²) < 4.78 is 16.4. The Morgan fingerprint density at radius 2 is 0.634 bits per heavy atom. The maximum Gasteiger partial charge on any atom is 0.280 e. The Morgan fingerprint density at radius 1 is 0.415 bits per heavy atom. The van der Waals surface area contributed by atoms with Gasteiger partial charge in [-0.05, 0) is 166 Å². The highest BCUT2D eigenvalue weighted by Crippen LogP contribution is 2.71. The molecule has 6 atom stereocenters. The van der Waals surface area contributed by atoms with Crippen molar-refractivity contribution in [1.29, 1.82) is 0 Å². The zero-order chi connectivity index (χ0) is 28.4. The SMILES string of the molecule is CC1(C)C2CC3CC(C2)CC1(NP(=O)(NC12CC4CC(CC(C4)C1(C)C)C2)NC12CC4CC(CC(C4)C1(C)C)C2)C3. The first-order valence-corrected chi connectivity index (χ1v) is 19.8. The second kappa shape index (κ2) is 8.09. The molecule has 12 bridgehead atoms. The summed E-state index contributed by atoms with van der Waals surface area (Å²) in [7, 11) is -3.16. The molecule has 12 rings (SSSR count). The Bertz CT molecular complexity index is 1000. The Balaban J connectivity index is 1.14. The van der Waals surface area contributed by atoms with E-state index in [1.54, 1.807) is 0 Å². The minimum absolute atomic E-state index is 0.0177. The van der Waals surface area contributed by atoms with Crippen LogP contribution >= 0.6 is 7.59 Å². The second-order valence-electron chi connectivity index (χ2n) is 20.0. The summed E-state index contributed by atoms with van der Waals surface area (Å²) >= 11 is 0. The van der Waals surface area contributed by atoms with E-state index in [4.69, 9.17) is 0 Å². The van der Waals surface area contributed by atoms with Crippen molar-refractivity contribution >= 4 is 7.59 Å². The van der Waals surface area contributed by atoms with Gasteiger partial charge in [0.1, 0.15) is 0 Å². The van der Waals surface area contributed by atoms with Crippen molar-refractivity contribution in [3.05, 3.63) is 0 Å². The largest absolute Gasteiger partial charge is 0.280 e. The van der Waals surface area contributed by atoms with Crippen molar-refractivity contribution in [3.8, 4) is 0 Å². The van der Waals surface area contributed by atoms with Crippen LogP contribution in [0.4, 0.5) is 0 Å². The van der Waals surface area contributed by atoms with Gasteiger partial charge >= 0.3 is 0 Å². The number of nitrogens with one attached hydrogen (secondary N) is 3. The van der Waals surface area contributed by atoms with Crippen LogP contribution in [0.3, 0.4) is 0 Å². The highest BCUT2D eigenvalue weighted by Gasteiger charge is 2.68. The van der Waals surface area contributed by atoms with E-state index in [-0.39, 0.29) is 32.9 Å². The first-order valence-electron chi connectivity index (χ1n) is 18.1. The Kier molecular flexibility index (Phi) is 5.41. The summed E-state index contributed by atoms with van der Waals surface area (Å²) in [6.45, 7) is 15.3. The average molecular weight is 582 g/mol. The third-order valence-corrected chi connectivity index (χ3v) is 19.6. The molecule has 0 aromatic rings. The van der Waals surface area contributed by atoms with E-state index in [1.807, 2.05) is 0 Å². The van der Waals surface area contributed by atoms with E-state index in [9.17, 15) is 0 Å². The monoisotopic (exact) mass is 581 g/mol. The molecule has 6 unspecified atom stereocenters. The summed E-state index contributed by atoms with van der Waals surface area (Å²) in [5, 5.41) is 12.9. The number of hydrogen-bond donors (Lipinski definition) is 3. The molecule has 0 spiro atoms. The maximum absolute atomic E-state index is 16.4. The van der Waals surface area contributed by atoms with Gasteiger partial charge in [-0.15, -0.1) is 0 Å². The molecule has 0 aromatic carbocycles. The molecule has 5 heteroatoms. The lowest BCUT2D eigenvalue weighted by atomic mass is 9.43. The van der Waals surface area contributed by atoms with Gasteiger partial charge in [-0.2, -0.15) is 0 Å². The van der Waals surface area contributed by atoms with Crippen LogP contribution in [0.2, 0.25) is 0 Å². The fourth-order valence-electron chi connectivity index (χ4n) is 15.1. The maximum atomic E-state index is 16.4. The summed E-state index contributed by atoms with van der Waals surface area (Å²) in [5.74, 6) is 7.30. The molecule has 0 saturated heterocycles. The van der Waals surface area contributed by atoms with Crippen molar-refractivity contribution in [2.75, 3.05) is 0 Å². The quantitative estimate of drug-likeness (QED) is 0.275. The lowest BCUT2D eigenvalue weighted by Crippen LogP contribution is -2.74. The van der Waals surface area contributed by atoms with Crippen LogP contribution in [0.25, 0.3) is 0 Å². The summed E-state index contributed by atoms with van der Waals surface area (Å²) in [6.07, 6.45) is 20.1. The second-order valence-corrected chi connectivity index (χ2v) is 21.9. The fourth-order valence-corrected chi connectivity index (χ4v) is 18.5. The van der Waals surface area contributed by atoms with Gasteiger partial charge in [0.15, 0.2) is 0 Å². The smallest absolute Gasteiger partial charge is 0.271 e. The molecule has 0 radical (unpaired) electrons. The van der Waals surface area contributed by atoms with Crippen molar-refractivity contribution < 1.29 is 4.57 Å². The van der Waals surface area contributed by atoms with Crippen molar-refractivity contribution in [2.24, 2.45) is 69.5 Å². The summed E-state index contributed by atoms with van der Waals surface area (Å²) in [4.78, 5) is 0. The number of hydrogen-bond acceptors (Lipinski definition) is 1. The van der Waals surface area contributed by atoms with E-state index in [2.05, 4.69) is 56.8 Å². The minimum Gasteiger partial charge on any atom is -0.271 e. The normalized spacial score (nSPS) is 57.3. The molecule has 12 fully saturated rings. The van der Waals surface area contributed by atoms with Crippen LogP contribution < -0.4 is 15.3 Å². The fraction of sp³-hybridized carbons (Fsp3) is 1.00.